The first-order chi connectivity index (χ1) is 10.8. The molecule has 0 amide bonds. The summed E-state index contributed by atoms with van der Waals surface area (Å²) in [5.74, 6) is -0.466. The summed E-state index contributed by atoms with van der Waals surface area (Å²) in [7, 11) is -3.81. The van der Waals surface area contributed by atoms with E-state index >= 15 is 0 Å². The SMILES string of the molecule is CCOC(=O)c1ccc(NS(=O)(=O)c2ccc(Cl)c(Cl)c2)cc1. The first-order valence-electron chi connectivity index (χ1n) is 6.58. The number of hydrogen-bond acceptors (Lipinski definition) is 4. The Kier molecular flexibility index (Phi) is 5.51. The molecular formula is C15H13Cl2NO4S. The number of ether oxygens (including phenoxy) is 1. The summed E-state index contributed by atoms with van der Waals surface area (Å²) in [4.78, 5) is 11.5. The van der Waals surface area contributed by atoms with Crippen molar-refractivity contribution in [2.75, 3.05) is 11.3 Å². The van der Waals surface area contributed by atoms with Gasteiger partial charge in [-0.05, 0) is 49.4 Å². The van der Waals surface area contributed by atoms with Gasteiger partial charge in [0.15, 0.2) is 0 Å². The van der Waals surface area contributed by atoms with Crippen LogP contribution in [0.25, 0.3) is 0 Å². The van der Waals surface area contributed by atoms with Crippen LogP contribution in [0.15, 0.2) is 47.4 Å². The smallest absolute Gasteiger partial charge is 0.338 e. The molecule has 0 atom stereocenters. The lowest BCUT2D eigenvalue weighted by molar-refractivity contribution is 0.0526. The molecule has 0 radical (unpaired) electrons. The van der Waals surface area contributed by atoms with Crippen molar-refractivity contribution in [1.82, 2.24) is 0 Å². The lowest BCUT2D eigenvalue weighted by Gasteiger charge is -2.09. The molecule has 2 aromatic carbocycles. The van der Waals surface area contributed by atoms with Gasteiger partial charge in [-0.2, -0.15) is 0 Å². The van der Waals surface area contributed by atoms with Gasteiger partial charge in [0, 0.05) is 5.69 Å². The second kappa shape index (κ2) is 7.21. The van der Waals surface area contributed by atoms with E-state index in [-0.39, 0.29) is 21.5 Å². The van der Waals surface area contributed by atoms with E-state index in [4.69, 9.17) is 27.9 Å². The summed E-state index contributed by atoms with van der Waals surface area (Å²) in [6, 6.07) is 9.92. The highest BCUT2D eigenvalue weighted by molar-refractivity contribution is 7.92. The van der Waals surface area contributed by atoms with Crippen LogP contribution in [-0.4, -0.2) is 21.0 Å². The Morgan fingerprint density at radius 1 is 1.09 bits per heavy atom. The Balaban J connectivity index is 2.20. The molecule has 8 heteroatoms. The van der Waals surface area contributed by atoms with Crippen molar-refractivity contribution in [3.05, 3.63) is 58.1 Å². The van der Waals surface area contributed by atoms with E-state index in [0.717, 1.165) is 0 Å². The van der Waals surface area contributed by atoms with Gasteiger partial charge >= 0.3 is 5.97 Å². The Labute approximate surface area is 144 Å². The van der Waals surface area contributed by atoms with Gasteiger partial charge in [0.25, 0.3) is 10.0 Å². The number of halogens is 2. The second-order valence-electron chi connectivity index (χ2n) is 4.48. The highest BCUT2D eigenvalue weighted by atomic mass is 35.5. The van der Waals surface area contributed by atoms with Crippen LogP contribution in [0.1, 0.15) is 17.3 Å². The molecule has 0 fully saturated rings. The van der Waals surface area contributed by atoms with Crippen molar-refractivity contribution in [3.8, 4) is 0 Å². The molecule has 0 aliphatic heterocycles. The second-order valence-corrected chi connectivity index (χ2v) is 6.98. The van der Waals surface area contributed by atoms with E-state index in [1.165, 1.54) is 42.5 Å². The van der Waals surface area contributed by atoms with Gasteiger partial charge < -0.3 is 4.74 Å². The Hall–Kier alpha value is -1.76. The van der Waals surface area contributed by atoms with Gasteiger partial charge in [-0.25, -0.2) is 13.2 Å². The van der Waals surface area contributed by atoms with Gasteiger partial charge in [0.05, 0.1) is 27.1 Å². The number of anilines is 1. The highest BCUT2D eigenvalue weighted by Gasteiger charge is 2.16. The third-order valence-electron chi connectivity index (χ3n) is 2.85. The number of esters is 1. The number of carbonyl (C=O) groups excluding carboxylic acids is 1. The number of sulfonamides is 1. The zero-order valence-electron chi connectivity index (χ0n) is 12.0. The van der Waals surface area contributed by atoms with Crippen molar-refractivity contribution in [2.24, 2.45) is 0 Å². The quantitative estimate of drug-likeness (QED) is 0.804. The van der Waals surface area contributed by atoms with Crippen molar-refractivity contribution >= 4 is 44.9 Å². The average molecular weight is 374 g/mol. The van der Waals surface area contributed by atoms with Crippen molar-refractivity contribution in [2.45, 2.75) is 11.8 Å². The van der Waals surface area contributed by atoms with Gasteiger partial charge in [-0.3, -0.25) is 4.72 Å². The molecule has 122 valence electrons. The molecule has 0 unspecified atom stereocenters. The maximum absolute atomic E-state index is 12.3. The van der Waals surface area contributed by atoms with Crippen LogP contribution in [0.5, 0.6) is 0 Å². The molecule has 0 spiro atoms. The lowest BCUT2D eigenvalue weighted by Crippen LogP contribution is -2.13. The molecule has 0 saturated heterocycles. The first-order valence-corrected chi connectivity index (χ1v) is 8.82. The first kappa shape index (κ1) is 17.6. The Morgan fingerprint density at radius 3 is 2.30 bits per heavy atom. The number of hydrogen-bond donors (Lipinski definition) is 1. The third-order valence-corrected chi connectivity index (χ3v) is 4.97. The molecule has 0 saturated carbocycles. The van der Waals surface area contributed by atoms with E-state index in [0.29, 0.717) is 11.3 Å². The number of benzene rings is 2. The minimum absolute atomic E-state index is 0.0126. The van der Waals surface area contributed by atoms with Crippen LogP contribution < -0.4 is 4.72 Å². The van der Waals surface area contributed by atoms with E-state index < -0.39 is 16.0 Å². The highest BCUT2D eigenvalue weighted by Crippen LogP contribution is 2.26. The number of rotatable bonds is 5. The molecule has 0 aromatic heterocycles. The van der Waals surface area contributed by atoms with Crippen molar-refractivity contribution < 1.29 is 17.9 Å². The minimum atomic E-state index is -3.81. The number of carbonyl (C=O) groups is 1. The zero-order chi connectivity index (χ0) is 17.0. The predicted molar refractivity (Wildman–Crippen MR) is 89.7 cm³/mol. The lowest BCUT2D eigenvalue weighted by atomic mass is 10.2. The van der Waals surface area contributed by atoms with Crippen LogP contribution in [0.4, 0.5) is 5.69 Å². The molecule has 5 nitrogen and oxygen atoms in total. The Morgan fingerprint density at radius 2 is 1.74 bits per heavy atom. The fourth-order valence-electron chi connectivity index (χ4n) is 1.75. The fraction of sp³-hybridized carbons (Fsp3) is 0.133. The monoisotopic (exact) mass is 373 g/mol. The molecule has 0 aliphatic carbocycles. The van der Waals surface area contributed by atoms with E-state index in [1.807, 2.05) is 0 Å². The largest absolute Gasteiger partial charge is 0.462 e. The molecule has 2 rings (SSSR count). The molecule has 2 aromatic rings. The summed E-state index contributed by atoms with van der Waals surface area (Å²) >= 11 is 11.6. The zero-order valence-corrected chi connectivity index (χ0v) is 14.4. The van der Waals surface area contributed by atoms with E-state index in [9.17, 15) is 13.2 Å². The van der Waals surface area contributed by atoms with Crippen LogP contribution in [-0.2, 0) is 14.8 Å². The predicted octanol–water partition coefficient (Wildman–Crippen LogP) is 3.97. The van der Waals surface area contributed by atoms with Crippen LogP contribution in [0, 0.1) is 0 Å². The summed E-state index contributed by atoms with van der Waals surface area (Å²) in [5, 5.41) is 0.414. The molecule has 23 heavy (non-hydrogen) atoms. The van der Waals surface area contributed by atoms with Gasteiger partial charge in [-0.15, -0.1) is 0 Å². The normalized spacial score (nSPS) is 11.1. The average Bonchev–Trinajstić information content (AvgIpc) is 2.50. The standard InChI is InChI=1S/C15H13Cl2NO4S/c1-2-22-15(19)10-3-5-11(6-4-10)18-23(20,21)12-7-8-13(16)14(17)9-12/h3-9,18H,2H2,1H3. The molecule has 0 bridgehead atoms. The Bertz CT molecular complexity index is 820. The summed E-state index contributed by atoms with van der Waals surface area (Å²) in [5.41, 5.74) is 0.647. The minimum Gasteiger partial charge on any atom is -0.462 e. The number of nitrogens with one attached hydrogen (secondary N) is 1. The maximum atomic E-state index is 12.3. The maximum Gasteiger partial charge on any atom is 0.338 e. The van der Waals surface area contributed by atoms with Crippen LogP contribution >= 0.6 is 23.2 Å². The third kappa shape index (κ3) is 4.37. The summed E-state index contributed by atoms with van der Waals surface area (Å²) < 4.78 is 31.8. The van der Waals surface area contributed by atoms with E-state index in [1.54, 1.807) is 6.92 Å². The molecule has 1 N–H and O–H groups in total. The molecule has 0 heterocycles. The summed E-state index contributed by atoms with van der Waals surface area (Å²) in [6.07, 6.45) is 0. The molecule has 0 aliphatic rings. The van der Waals surface area contributed by atoms with Gasteiger partial charge in [0.1, 0.15) is 0 Å². The summed E-state index contributed by atoms with van der Waals surface area (Å²) in [6.45, 7) is 1.97. The van der Waals surface area contributed by atoms with Crippen LogP contribution in [0.3, 0.4) is 0 Å². The van der Waals surface area contributed by atoms with Gasteiger partial charge in [-0.1, -0.05) is 23.2 Å². The van der Waals surface area contributed by atoms with Crippen LogP contribution in [0.2, 0.25) is 10.0 Å². The van der Waals surface area contributed by atoms with Crippen molar-refractivity contribution in [1.29, 1.82) is 0 Å². The van der Waals surface area contributed by atoms with Gasteiger partial charge in [0.2, 0.25) is 0 Å². The van der Waals surface area contributed by atoms with E-state index in [2.05, 4.69) is 4.72 Å². The van der Waals surface area contributed by atoms with Crippen molar-refractivity contribution in [3.63, 3.8) is 0 Å². The molecular weight excluding hydrogens is 361 g/mol. The fourth-order valence-corrected chi connectivity index (χ4v) is 3.19. The topological polar surface area (TPSA) is 72.5 Å².